The Bertz CT molecular complexity index is 785. The summed E-state index contributed by atoms with van der Waals surface area (Å²) in [6.45, 7) is 5.10. The number of amides is 1. The van der Waals surface area contributed by atoms with Gasteiger partial charge in [0.15, 0.2) is 0 Å². The minimum atomic E-state index is -0.913. The van der Waals surface area contributed by atoms with Gasteiger partial charge in [0.25, 0.3) is 5.91 Å². The van der Waals surface area contributed by atoms with Gasteiger partial charge in [0.05, 0.1) is 5.41 Å². The molecule has 0 aliphatic carbocycles. The highest BCUT2D eigenvalue weighted by atomic mass is 16.4. The maximum Gasteiger partial charge on any atom is 0.313 e. The van der Waals surface area contributed by atoms with Gasteiger partial charge in [-0.05, 0) is 61.9 Å². The van der Waals surface area contributed by atoms with E-state index in [1.807, 2.05) is 53.4 Å². The fraction of sp³-hybridized carbons (Fsp3) is 0.364. The standard InChI is InChI=1S/C22H25NO3/c1-22(2,21(25)26)19-12-10-17(11-13-19)16-6-8-18(9-7-16)20(24)23-14-4-3-5-15-23/h6-13H,3-5,14-15H2,1-2H3,(H,25,26). The number of carboxylic acid groups (broad SMARTS) is 1. The third-order valence-electron chi connectivity index (χ3n) is 5.25. The van der Waals surface area contributed by atoms with Crippen molar-refractivity contribution in [2.45, 2.75) is 38.5 Å². The Morgan fingerprint density at radius 3 is 1.85 bits per heavy atom. The molecule has 4 heteroatoms. The predicted molar refractivity (Wildman–Crippen MR) is 102 cm³/mol. The van der Waals surface area contributed by atoms with Crippen molar-refractivity contribution in [3.05, 3.63) is 59.7 Å². The zero-order chi connectivity index (χ0) is 18.7. The maximum atomic E-state index is 12.5. The van der Waals surface area contributed by atoms with Gasteiger partial charge in [0.2, 0.25) is 0 Å². The molecular formula is C22H25NO3. The van der Waals surface area contributed by atoms with Crippen molar-refractivity contribution in [3.63, 3.8) is 0 Å². The van der Waals surface area contributed by atoms with E-state index < -0.39 is 11.4 Å². The molecule has 1 heterocycles. The highest BCUT2D eigenvalue weighted by Crippen LogP contribution is 2.27. The van der Waals surface area contributed by atoms with Crippen LogP contribution in [0.2, 0.25) is 0 Å². The van der Waals surface area contributed by atoms with Crippen molar-refractivity contribution < 1.29 is 14.7 Å². The van der Waals surface area contributed by atoms with E-state index in [2.05, 4.69) is 0 Å². The SMILES string of the molecule is CC(C)(C(=O)O)c1ccc(-c2ccc(C(=O)N3CCCCC3)cc2)cc1. The topological polar surface area (TPSA) is 57.6 Å². The number of hydrogen-bond donors (Lipinski definition) is 1. The Kier molecular flexibility index (Phi) is 5.12. The maximum absolute atomic E-state index is 12.5. The molecule has 0 bridgehead atoms. The number of aliphatic carboxylic acids is 1. The molecule has 1 aliphatic rings. The van der Waals surface area contributed by atoms with E-state index in [0.717, 1.165) is 48.2 Å². The lowest BCUT2D eigenvalue weighted by Crippen LogP contribution is -2.35. The van der Waals surface area contributed by atoms with E-state index in [1.165, 1.54) is 6.42 Å². The first kappa shape index (κ1) is 18.2. The lowest BCUT2D eigenvalue weighted by molar-refractivity contribution is -0.142. The number of likely N-dealkylation sites (tertiary alicyclic amines) is 1. The molecule has 136 valence electrons. The van der Waals surface area contributed by atoms with Crippen molar-refractivity contribution in [1.82, 2.24) is 4.90 Å². The van der Waals surface area contributed by atoms with E-state index >= 15 is 0 Å². The Hall–Kier alpha value is -2.62. The van der Waals surface area contributed by atoms with E-state index in [9.17, 15) is 14.7 Å². The number of carboxylic acids is 1. The molecule has 1 saturated heterocycles. The molecule has 0 aromatic heterocycles. The third kappa shape index (κ3) is 3.64. The van der Waals surface area contributed by atoms with Gasteiger partial charge >= 0.3 is 5.97 Å². The molecule has 2 aromatic rings. The summed E-state index contributed by atoms with van der Waals surface area (Å²) < 4.78 is 0. The van der Waals surface area contributed by atoms with Crippen LogP contribution in [0.4, 0.5) is 0 Å². The molecule has 0 radical (unpaired) electrons. The molecule has 0 unspecified atom stereocenters. The average Bonchev–Trinajstić information content (AvgIpc) is 2.68. The third-order valence-corrected chi connectivity index (χ3v) is 5.25. The van der Waals surface area contributed by atoms with Gasteiger partial charge in [0, 0.05) is 18.7 Å². The van der Waals surface area contributed by atoms with Crippen LogP contribution in [-0.4, -0.2) is 35.0 Å². The predicted octanol–water partition coefficient (Wildman–Crippen LogP) is 4.34. The van der Waals surface area contributed by atoms with Crippen LogP contribution in [0.25, 0.3) is 11.1 Å². The molecule has 4 nitrogen and oxygen atoms in total. The summed E-state index contributed by atoms with van der Waals surface area (Å²) in [7, 11) is 0. The second kappa shape index (κ2) is 7.32. The molecule has 3 rings (SSSR count). The molecule has 1 fully saturated rings. The van der Waals surface area contributed by atoms with E-state index in [1.54, 1.807) is 13.8 Å². The Balaban J connectivity index is 1.76. The van der Waals surface area contributed by atoms with Crippen molar-refractivity contribution in [3.8, 4) is 11.1 Å². The fourth-order valence-electron chi connectivity index (χ4n) is 3.29. The van der Waals surface area contributed by atoms with Crippen LogP contribution in [0.15, 0.2) is 48.5 Å². The Morgan fingerprint density at radius 2 is 1.35 bits per heavy atom. The van der Waals surface area contributed by atoms with Gasteiger partial charge in [-0.1, -0.05) is 36.4 Å². The Morgan fingerprint density at radius 1 is 0.846 bits per heavy atom. The second-order valence-electron chi connectivity index (χ2n) is 7.44. The second-order valence-corrected chi connectivity index (χ2v) is 7.44. The number of rotatable bonds is 4. The summed E-state index contributed by atoms with van der Waals surface area (Å²) in [5, 5.41) is 9.34. The van der Waals surface area contributed by atoms with Crippen molar-refractivity contribution in [2.75, 3.05) is 13.1 Å². The number of nitrogens with zero attached hydrogens (tertiary/aromatic N) is 1. The quantitative estimate of drug-likeness (QED) is 0.891. The van der Waals surface area contributed by atoms with Gasteiger partial charge in [-0.3, -0.25) is 9.59 Å². The lowest BCUT2D eigenvalue weighted by atomic mass is 9.84. The van der Waals surface area contributed by atoms with Crippen LogP contribution in [0.3, 0.4) is 0 Å². The van der Waals surface area contributed by atoms with E-state index in [0.29, 0.717) is 0 Å². The summed E-state index contributed by atoms with van der Waals surface area (Å²) in [5.41, 5.74) is 2.60. The molecule has 0 spiro atoms. The molecule has 0 atom stereocenters. The van der Waals surface area contributed by atoms with Crippen LogP contribution >= 0.6 is 0 Å². The van der Waals surface area contributed by atoms with Gasteiger partial charge in [0.1, 0.15) is 0 Å². The van der Waals surface area contributed by atoms with Crippen molar-refractivity contribution >= 4 is 11.9 Å². The normalized spacial score (nSPS) is 14.9. The summed E-state index contributed by atoms with van der Waals surface area (Å²) >= 11 is 0. The van der Waals surface area contributed by atoms with Gasteiger partial charge in [-0.15, -0.1) is 0 Å². The van der Waals surface area contributed by atoms with Crippen LogP contribution in [0.5, 0.6) is 0 Å². The summed E-state index contributed by atoms with van der Waals surface area (Å²) in [6, 6.07) is 15.2. The Labute approximate surface area is 154 Å². The largest absolute Gasteiger partial charge is 0.481 e. The molecule has 26 heavy (non-hydrogen) atoms. The highest BCUT2D eigenvalue weighted by molar-refractivity contribution is 5.94. The van der Waals surface area contributed by atoms with E-state index in [-0.39, 0.29) is 5.91 Å². The smallest absolute Gasteiger partial charge is 0.313 e. The van der Waals surface area contributed by atoms with Crippen molar-refractivity contribution in [2.24, 2.45) is 0 Å². The van der Waals surface area contributed by atoms with Crippen LogP contribution in [0.1, 0.15) is 49.0 Å². The molecule has 1 aliphatic heterocycles. The number of hydrogen-bond acceptors (Lipinski definition) is 2. The lowest BCUT2D eigenvalue weighted by Gasteiger charge is -2.26. The molecule has 1 N–H and O–H groups in total. The highest BCUT2D eigenvalue weighted by Gasteiger charge is 2.29. The molecule has 1 amide bonds. The van der Waals surface area contributed by atoms with Crippen molar-refractivity contribution in [1.29, 1.82) is 0 Å². The zero-order valence-electron chi connectivity index (χ0n) is 15.4. The minimum absolute atomic E-state index is 0.106. The summed E-state index contributed by atoms with van der Waals surface area (Å²) in [4.78, 5) is 25.8. The molecule has 2 aromatic carbocycles. The molecular weight excluding hydrogens is 326 g/mol. The number of benzene rings is 2. The number of piperidine rings is 1. The first-order chi connectivity index (χ1) is 12.4. The van der Waals surface area contributed by atoms with Gasteiger partial charge in [-0.2, -0.15) is 0 Å². The average molecular weight is 351 g/mol. The summed E-state index contributed by atoms with van der Waals surface area (Å²) in [5.74, 6) is -0.736. The number of carbonyl (C=O) groups is 2. The summed E-state index contributed by atoms with van der Waals surface area (Å²) in [6.07, 6.45) is 3.38. The van der Waals surface area contributed by atoms with Crippen LogP contribution in [0, 0.1) is 0 Å². The first-order valence-electron chi connectivity index (χ1n) is 9.13. The first-order valence-corrected chi connectivity index (χ1v) is 9.13. The molecule has 0 saturated carbocycles. The fourth-order valence-corrected chi connectivity index (χ4v) is 3.29. The number of carbonyl (C=O) groups excluding carboxylic acids is 1. The van der Waals surface area contributed by atoms with Crippen LogP contribution < -0.4 is 0 Å². The zero-order valence-corrected chi connectivity index (χ0v) is 15.4. The van der Waals surface area contributed by atoms with E-state index in [4.69, 9.17) is 0 Å². The monoisotopic (exact) mass is 351 g/mol. The van der Waals surface area contributed by atoms with Gasteiger partial charge in [-0.25, -0.2) is 0 Å². The van der Waals surface area contributed by atoms with Gasteiger partial charge < -0.3 is 10.0 Å². The van der Waals surface area contributed by atoms with Crippen LogP contribution in [-0.2, 0) is 10.2 Å². The minimum Gasteiger partial charge on any atom is -0.481 e.